The van der Waals surface area contributed by atoms with Crippen LogP contribution in [0.5, 0.6) is 0 Å². The third-order valence-electron chi connectivity index (χ3n) is 6.35. The minimum Gasteiger partial charge on any atom is -0.421 e. The second kappa shape index (κ2) is 16.1. The lowest BCUT2D eigenvalue weighted by molar-refractivity contribution is -0.422. The van der Waals surface area contributed by atoms with Gasteiger partial charge in [0.15, 0.2) is 12.3 Å². The van der Waals surface area contributed by atoms with Crippen molar-refractivity contribution in [1.82, 2.24) is 0 Å². The predicted octanol–water partition coefficient (Wildman–Crippen LogP) is 9.46. The fraction of sp³-hybridized carbons (Fsp3) is 0.818. The Labute approximate surface area is 285 Å². The molecule has 0 aliphatic carbocycles. The van der Waals surface area contributed by atoms with Gasteiger partial charge in [0.1, 0.15) is 0 Å². The number of carbonyl (C=O) groups is 2. The molecule has 0 bridgehead atoms. The molecule has 0 fully saturated rings. The molecule has 6 unspecified atom stereocenters. The average molecular weight is 908 g/mol. The van der Waals surface area contributed by atoms with Crippen molar-refractivity contribution in [2.75, 3.05) is 0 Å². The Bertz CT molecular complexity index is 1290. The average Bonchev–Trinajstić information content (AvgIpc) is 3.04. The van der Waals surface area contributed by atoms with E-state index in [1.165, 1.54) is 0 Å². The molecule has 4 nitrogen and oxygen atoms in total. The van der Waals surface area contributed by atoms with Crippen LogP contribution in [0.1, 0.15) is 0 Å². The normalized spacial score (nSPS) is 18.5. The monoisotopic (exact) mass is 908 g/mol. The van der Waals surface area contributed by atoms with E-state index < -0.39 is 134 Å². The molecule has 0 saturated heterocycles. The first-order valence-electron chi connectivity index (χ1n) is 12.6. The SMILES string of the molecule is O=C(C=CC(=O)OC(F)C(F)(F)C(F)(F)C(F)(F)C(F)(F)C(F)(F)C(F)C(F)C(F)F)OC(F)C(F)(F)C(F)(F)C(F)(F)C(F)(F)C(F)(F)C(F)C(F)C(F)F. The summed E-state index contributed by atoms with van der Waals surface area (Å²) < 4.78 is 405. The van der Waals surface area contributed by atoms with Gasteiger partial charge in [0, 0.05) is 12.2 Å². The van der Waals surface area contributed by atoms with Gasteiger partial charge in [-0.3, -0.25) is 0 Å². The van der Waals surface area contributed by atoms with E-state index in [0.29, 0.717) is 0 Å². The van der Waals surface area contributed by atoms with Crippen LogP contribution in [0.3, 0.4) is 0 Å². The zero-order valence-corrected chi connectivity index (χ0v) is 24.7. The summed E-state index contributed by atoms with van der Waals surface area (Å²) in [6, 6.07) is 0. The zero-order valence-electron chi connectivity index (χ0n) is 24.7. The number of alkyl halides is 30. The molecule has 0 N–H and O–H groups in total. The Morgan fingerprint density at radius 2 is 0.536 bits per heavy atom. The number of halogens is 30. The first kappa shape index (κ1) is 52.6. The van der Waals surface area contributed by atoms with Crippen LogP contribution in [-0.2, 0) is 19.1 Å². The fourth-order valence-corrected chi connectivity index (χ4v) is 3.08. The zero-order chi connectivity index (χ0) is 45.6. The Kier molecular flexibility index (Phi) is 15.1. The molecular formula is C22H10F30O4. The van der Waals surface area contributed by atoms with E-state index in [0.717, 1.165) is 0 Å². The summed E-state index contributed by atoms with van der Waals surface area (Å²) in [4.78, 5) is 22.4. The molecule has 6 atom stereocenters. The maximum Gasteiger partial charge on any atom is 0.385 e. The Balaban J connectivity index is 6.24. The summed E-state index contributed by atoms with van der Waals surface area (Å²) in [7, 11) is 0. The van der Waals surface area contributed by atoms with Crippen LogP contribution in [-0.4, -0.2) is 121 Å². The highest BCUT2D eigenvalue weighted by atomic mass is 19.4. The third kappa shape index (κ3) is 8.41. The smallest absolute Gasteiger partial charge is 0.385 e. The van der Waals surface area contributed by atoms with E-state index in [1.807, 2.05) is 0 Å². The molecule has 56 heavy (non-hydrogen) atoms. The predicted molar refractivity (Wildman–Crippen MR) is 112 cm³/mol. The number of hydrogen-bond acceptors (Lipinski definition) is 4. The topological polar surface area (TPSA) is 52.6 Å². The third-order valence-corrected chi connectivity index (χ3v) is 6.35. The lowest BCUT2D eigenvalue weighted by Gasteiger charge is -2.40. The van der Waals surface area contributed by atoms with Crippen LogP contribution >= 0.6 is 0 Å². The molecule has 0 radical (unpaired) electrons. The van der Waals surface area contributed by atoms with Gasteiger partial charge in [-0.15, -0.1) is 0 Å². The van der Waals surface area contributed by atoms with Crippen molar-refractivity contribution in [3.8, 4) is 0 Å². The van der Waals surface area contributed by atoms with Crippen molar-refractivity contribution in [2.24, 2.45) is 0 Å². The van der Waals surface area contributed by atoms with Crippen molar-refractivity contribution in [3.05, 3.63) is 12.2 Å². The van der Waals surface area contributed by atoms with Crippen LogP contribution in [0.4, 0.5) is 132 Å². The largest absolute Gasteiger partial charge is 0.421 e. The van der Waals surface area contributed by atoms with E-state index in [1.54, 1.807) is 0 Å². The van der Waals surface area contributed by atoms with Crippen LogP contribution in [0.2, 0.25) is 0 Å². The summed E-state index contributed by atoms with van der Waals surface area (Å²) in [5.74, 6) is -88.9. The highest BCUT2D eigenvalue weighted by molar-refractivity contribution is 5.91. The maximum atomic E-state index is 13.7. The standard InChI is InChI=1S/C22H10F30O4/c23-5(9(27)28)7(25)13(33,34)17(41,42)21(49,50)19(45,46)15(37,38)11(31)55-3(53)1-2-4(54)56-12(32)16(39,40)20(47,48)22(51,52)18(43,44)14(35,36)8(26)6(24)10(29)30/h1-2,5-12H. The quantitative estimate of drug-likeness (QED) is 0.0695. The summed E-state index contributed by atoms with van der Waals surface area (Å²) in [5.41, 5.74) is 0. The van der Waals surface area contributed by atoms with Crippen LogP contribution < -0.4 is 0 Å². The molecule has 0 aromatic heterocycles. The lowest BCUT2D eigenvalue weighted by Crippen LogP contribution is -2.71. The van der Waals surface area contributed by atoms with Gasteiger partial charge in [0.25, 0.3) is 12.9 Å². The van der Waals surface area contributed by atoms with Gasteiger partial charge in [0.2, 0.25) is 12.3 Å². The molecular weight excluding hydrogens is 898 g/mol. The molecule has 0 aliphatic heterocycles. The van der Waals surface area contributed by atoms with E-state index in [9.17, 15) is 141 Å². The van der Waals surface area contributed by atoms with Gasteiger partial charge in [-0.25, -0.2) is 44.7 Å². The van der Waals surface area contributed by atoms with Crippen molar-refractivity contribution in [1.29, 1.82) is 0 Å². The Morgan fingerprint density at radius 3 is 0.732 bits per heavy atom. The fourth-order valence-electron chi connectivity index (χ4n) is 3.08. The molecule has 34 heteroatoms. The second-order valence-electron chi connectivity index (χ2n) is 10.1. The van der Waals surface area contributed by atoms with Crippen LogP contribution in [0, 0.1) is 0 Å². The minimum atomic E-state index is -8.59. The van der Waals surface area contributed by atoms with Gasteiger partial charge < -0.3 is 9.47 Å². The number of esters is 2. The molecule has 0 spiro atoms. The van der Waals surface area contributed by atoms with Crippen molar-refractivity contribution < 1.29 is 151 Å². The van der Waals surface area contributed by atoms with E-state index in [2.05, 4.69) is 9.47 Å². The molecule has 0 rings (SSSR count). The number of carbonyl (C=O) groups excluding carboxylic acids is 2. The maximum absolute atomic E-state index is 13.7. The Morgan fingerprint density at radius 1 is 0.339 bits per heavy atom. The molecule has 0 saturated carbocycles. The molecule has 0 amide bonds. The van der Waals surface area contributed by atoms with Crippen molar-refractivity contribution >= 4 is 11.9 Å². The van der Waals surface area contributed by atoms with E-state index >= 15 is 0 Å². The highest BCUT2D eigenvalue weighted by Crippen LogP contribution is 2.61. The van der Waals surface area contributed by atoms with Gasteiger partial charge in [-0.2, -0.15) is 96.6 Å². The van der Waals surface area contributed by atoms with Crippen LogP contribution in [0.15, 0.2) is 12.2 Å². The first-order valence-corrected chi connectivity index (χ1v) is 12.6. The van der Waals surface area contributed by atoms with Crippen molar-refractivity contribution in [3.63, 3.8) is 0 Å². The molecule has 0 heterocycles. The minimum absolute atomic E-state index is 1.30. The number of hydrogen-bond donors (Lipinski definition) is 0. The molecule has 0 aromatic rings. The van der Waals surface area contributed by atoms with Gasteiger partial charge in [-0.05, 0) is 0 Å². The summed E-state index contributed by atoms with van der Waals surface area (Å²) in [5, 5.41) is 0. The number of rotatable bonds is 20. The number of ether oxygens (including phenoxy) is 2. The van der Waals surface area contributed by atoms with E-state index in [-0.39, 0.29) is 0 Å². The molecule has 0 aromatic carbocycles. The first-order chi connectivity index (χ1) is 24.4. The van der Waals surface area contributed by atoms with Crippen molar-refractivity contribution in [2.45, 2.75) is 109 Å². The summed E-state index contributed by atoms with van der Waals surface area (Å²) in [6.07, 6.45) is -46.9. The summed E-state index contributed by atoms with van der Waals surface area (Å²) in [6.45, 7) is 0. The van der Waals surface area contributed by atoms with Gasteiger partial charge in [0.05, 0.1) is 0 Å². The molecule has 332 valence electrons. The van der Waals surface area contributed by atoms with Gasteiger partial charge >= 0.3 is 83.9 Å². The highest BCUT2D eigenvalue weighted by Gasteiger charge is 2.91. The second-order valence-corrected chi connectivity index (χ2v) is 10.1. The van der Waals surface area contributed by atoms with Gasteiger partial charge in [-0.1, -0.05) is 0 Å². The Hall–Kier alpha value is -3.42. The van der Waals surface area contributed by atoms with E-state index in [4.69, 9.17) is 0 Å². The molecule has 0 aliphatic rings. The summed E-state index contributed by atoms with van der Waals surface area (Å²) >= 11 is 0. The van der Waals surface area contributed by atoms with Crippen LogP contribution in [0.25, 0.3) is 0 Å². The lowest BCUT2D eigenvalue weighted by atomic mass is 9.91.